The maximum atomic E-state index is 12.3. The first-order valence-electron chi connectivity index (χ1n) is 9.52. The molecule has 0 aromatic heterocycles. The fraction of sp³-hybridized carbons (Fsp3) is 0.850. The van der Waals surface area contributed by atoms with E-state index in [1.54, 1.807) is 13.8 Å². The molecule has 0 unspecified atom stereocenters. The molecule has 0 spiro atoms. The smallest absolute Gasteiger partial charge is 0.309 e. The number of aliphatic hydroxyl groups is 3. The number of carbonyl (C=O) groups is 1. The molecule has 1 saturated heterocycles. The van der Waals surface area contributed by atoms with Crippen molar-refractivity contribution in [1.82, 2.24) is 0 Å². The van der Waals surface area contributed by atoms with Crippen LogP contribution in [-0.2, 0) is 9.53 Å². The first kappa shape index (κ1) is 20.4. The van der Waals surface area contributed by atoms with Gasteiger partial charge in [0, 0.05) is 0 Å². The van der Waals surface area contributed by atoms with Crippen LogP contribution in [0, 0.1) is 11.8 Å². The van der Waals surface area contributed by atoms with Gasteiger partial charge >= 0.3 is 5.97 Å². The van der Waals surface area contributed by atoms with E-state index in [0.29, 0.717) is 38.5 Å². The molecule has 2 rings (SSSR count). The van der Waals surface area contributed by atoms with Gasteiger partial charge in [-0.3, -0.25) is 4.79 Å². The molecule has 2 aliphatic rings. The van der Waals surface area contributed by atoms with Gasteiger partial charge in [0.2, 0.25) is 0 Å². The quantitative estimate of drug-likeness (QED) is 0.460. The fourth-order valence-electron chi connectivity index (χ4n) is 3.91. The van der Waals surface area contributed by atoms with Crippen molar-refractivity contribution < 1.29 is 24.9 Å². The number of esters is 1. The van der Waals surface area contributed by atoms with Crippen molar-refractivity contribution >= 4 is 5.97 Å². The van der Waals surface area contributed by atoms with E-state index >= 15 is 0 Å². The Morgan fingerprint density at radius 3 is 2.52 bits per heavy atom. The van der Waals surface area contributed by atoms with Crippen LogP contribution in [0.3, 0.4) is 0 Å². The van der Waals surface area contributed by atoms with Crippen LogP contribution in [0.2, 0.25) is 0 Å². The molecule has 3 N–H and O–H groups in total. The van der Waals surface area contributed by atoms with E-state index in [4.69, 9.17) is 4.74 Å². The zero-order chi connectivity index (χ0) is 18.8. The van der Waals surface area contributed by atoms with Crippen molar-refractivity contribution in [2.75, 3.05) is 0 Å². The van der Waals surface area contributed by atoms with Crippen LogP contribution < -0.4 is 0 Å². The summed E-state index contributed by atoms with van der Waals surface area (Å²) in [7, 11) is 0. The summed E-state index contributed by atoms with van der Waals surface area (Å²) in [6, 6.07) is 0. The Balaban J connectivity index is 2.24. The monoisotopic (exact) mass is 354 g/mol. The molecule has 0 radical (unpaired) electrons. The normalized spacial score (nSPS) is 46.5. The molecule has 25 heavy (non-hydrogen) atoms. The fourth-order valence-corrected chi connectivity index (χ4v) is 3.91. The second-order valence-electron chi connectivity index (χ2n) is 8.61. The molecule has 1 aliphatic heterocycles. The van der Waals surface area contributed by atoms with E-state index in [0.717, 1.165) is 12.0 Å². The molecule has 0 saturated carbocycles. The van der Waals surface area contributed by atoms with Crippen LogP contribution >= 0.6 is 0 Å². The van der Waals surface area contributed by atoms with Crippen LogP contribution in [0.5, 0.6) is 0 Å². The summed E-state index contributed by atoms with van der Waals surface area (Å²) in [6.07, 6.45) is 4.85. The Labute approximate surface area is 151 Å². The third-order valence-corrected chi connectivity index (χ3v) is 6.24. The molecule has 1 heterocycles. The molecule has 5 heteroatoms. The molecule has 0 aromatic rings. The molecule has 1 aliphatic carbocycles. The molecular formula is C20H34O5. The van der Waals surface area contributed by atoms with Crippen LogP contribution in [0.15, 0.2) is 11.6 Å². The van der Waals surface area contributed by atoms with Crippen molar-refractivity contribution in [3.05, 3.63) is 11.6 Å². The molecule has 5 nitrogen and oxygen atoms in total. The number of fused-ring (bicyclic) bond motifs is 2. The topological polar surface area (TPSA) is 87.0 Å². The van der Waals surface area contributed by atoms with Crippen LogP contribution in [0.25, 0.3) is 0 Å². The summed E-state index contributed by atoms with van der Waals surface area (Å²) in [6.45, 7) is 7.26. The van der Waals surface area contributed by atoms with Crippen LogP contribution in [0.4, 0.5) is 0 Å². The molecule has 2 bridgehead atoms. The number of ether oxygens (including phenoxy) is 1. The van der Waals surface area contributed by atoms with Gasteiger partial charge in [0.25, 0.3) is 0 Å². The van der Waals surface area contributed by atoms with E-state index in [-0.39, 0.29) is 17.8 Å². The average molecular weight is 354 g/mol. The van der Waals surface area contributed by atoms with Crippen LogP contribution in [-0.4, -0.2) is 44.7 Å². The van der Waals surface area contributed by atoms with Gasteiger partial charge in [-0.2, -0.15) is 0 Å². The highest BCUT2D eigenvalue weighted by Crippen LogP contribution is 2.38. The van der Waals surface area contributed by atoms with E-state index in [1.165, 1.54) is 0 Å². The van der Waals surface area contributed by atoms with Gasteiger partial charge in [-0.05, 0) is 71.6 Å². The van der Waals surface area contributed by atoms with Gasteiger partial charge in [-0.1, -0.05) is 18.6 Å². The van der Waals surface area contributed by atoms with Gasteiger partial charge in [-0.25, -0.2) is 0 Å². The lowest BCUT2D eigenvalue weighted by molar-refractivity contribution is -0.185. The maximum absolute atomic E-state index is 12.3. The predicted molar refractivity (Wildman–Crippen MR) is 95.9 cm³/mol. The summed E-state index contributed by atoms with van der Waals surface area (Å²) in [4.78, 5) is 12.3. The largest absolute Gasteiger partial charge is 0.459 e. The lowest BCUT2D eigenvalue weighted by Gasteiger charge is -2.41. The van der Waals surface area contributed by atoms with Gasteiger partial charge in [0.15, 0.2) is 0 Å². The lowest BCUT2D eigenvalue weighted by Crippen LogP contribution is -2.49. The Kier molecular flexibility index (Phi) is 6.34. The lowest BCUT2D eigenvalue weighted by atomic mass is 9.75. The maximum Gasteiger partial charge on any atom is 0.309 e. The number of hydrogen-bond acceptors (Lipinski definition) is 5. The molecule has 0 amide bonds. The highest BCUT2D eigenvalue weighted by Gasteiger charge is 2.44. The minimum absolute atomic E-state index is 0.0385. The Morgan fingerprint density at radius 2 is 1.84 bits per heavy atom. The summed E-state index contributed by atoms with van der Waals surface area (Å²) in [5.41, 5.74) is -1.10. The minimum atomic E-state index is -1.18. The van der Waals surface area contributed by atoms with Gasteiger partial charge < -0.3 is 20.1 Å². The predicted octanol–water partition coefficient (Wildman–Crippen LogP) is 2.72. The SMILES string of the molecule is C/C1=C\CC[C@@](C)(O)[C@@H]2C[C@H](CC[C@](C)(O)[C@H](O)CC1)[C@@H](C)C(=O)O2. The van der Waals surface area contributed by atoms with Crippen molar-refractivity contribution in [2.45, 2.75) is 96.1 Å². The van der Waals surface area contributed by atoms with Crippen molar-refractivity contribution in [3.63, 3.8) is 0 Å². The van der Waals surface area contributed by atoms with E-state index in [9.17, 15) is 20.1 Å². The number of aliphatic hydroxyl groups excluding tert-OH is 1. The van der Waals surface area contributed by atoms with Crippen molar-refractivity contribution in [1.29, 1.82) is 0 Å². The van der Waals surface area contributed by atoms with E-state index < -0.39 is 23.4 Å². The molecule has 1 fully saturated rings. The highest BCUT2D eigenvalue weighted by atomic mass is 16.6. The Morgan fingerprint density at radius 1 is 1.16 bits per heavy atom. The third-order valence-electron chi connectivity index (χ3n) is 6.24. The molecule has 6 atom stereocenters. The van der Waals surface area contributed by atoms with Gasteiger partial charge in [-0.15, -0.1) is 0 Å². The highest BCUT2D eigenvalue weighted by molar-refractivity contribution is 5.73. The van der Waals surface area contributed by atoms with Gasteiger partial charge in [0.1, 0.15) is 6.10 Å². The minimum Gasteiger partial charge on any atom is -0.459 e. The second kappa shape index (κ2) is 7.77. The van der Waals surface area contributed by atoms with Crippen LogP contribution in [0.1, 0.15) is 72.6 Å². The zero-order valence-corrected chi connectivity index (χ0v) is 16.0. The Bertz CT molecular complexity index is 508. The first-order valence-corrected chi connectivity index (χ1v) is 9.52. The van der Waals surface area contributed by atoms with E-state index in [2.05, 4.69) is 6.08 Å². The zero-order valence-electron chi connectivity index (χ0n) is 16.0. The molecular weight excluding hydrogens is 320 g/mol. The number of allylic oxidation sites excluding steroid dienone is 2. The number of carbonyl (C=O) groups excluding carboxylic acids is 1. The second-order valence-corrected chi connectivity index (χ2v) is 8.61. The summed E-state index contributed by atoms with van der Waals surface area (Å²) >= 11 is 0. The standard InChI is InChI=1S/C20H34O5/c1-13-6-5-10-20(4,24)17-12-15(14(2)18(22)25-17)9-11-19(3,23)16(21)8-7-13/h6,14-17,21,23-24H,5,7-12H2,1-4H3/b13-6+/t14-,15+,16-,17+,19+,20-/m1/s1. The summed E-state index contributed by atoms with van der Waals surface area (Å²) < 4.78 is 5.52. The summed E-state index contributed by atoms with van der Waals surface area (Å²) in [5, 5.41) is 31.9. The third kappa shape index (κ3) is 5.05. The average Bonchev–Trinajstić information content (AvgIpc) is 2.52. The first-order chi connectivity index (χ1) is 11.5. The summed E-state index contributed by atoms with van der Waals surface area (Å²) in [5.74, 6) is -0.493. The number of rotatable bonds is 0. The van der Waals surface area contributed by atoms with Crippen molar-refractivity contribution in [3.8, 4) is 0 Å². The van der Waals surface area contributed by atoms with Crippen molar-refractivity contribution in [2.24, 2.45) is 11.8 Å². The Hall–Kier alpha value is -0.910. The molecule has 144 valence electrons. The molecule has 0 aromatic carbocycles. The van der Waals surface area contributed by atoms with E-state index in [1.807, 2.05) is 13.8 Å². The van der Waals surface area contributed by atoms with Gasteiger partial charge in [0.05, 0.1) is 23.2 Å². The number of hydrogen-bond donors (Lipinski definition) is 3.